The number of hydrogen-bond donors (Lipinski definition) is 1. The second-order valence-electron chi connectivity index (χ2n) is 5.56. The second-order valence-corrected chi connectivity index (χ2v) is 6.59. The molecule has 7 heteroatoms. The van der Waals surface area contributed by atoms with E-state index < -0.39 is 4.92 Å². The lowest BCUT2D eigenvalue weighted by Gasteiger charge is -2.34. The topological polar surface area (TPSA) is 87.0 Å². The van der Waals surface area contributed by atoms with Crippen molar-refractivity contribution in [1.82, 2.24) is 9.78 Å². The number of nitrogens with two attached hydrogens (primary N) is 1. The number of rotatable bonds is 2. The molecule has 0 spiro atoms. The van der Waals surface area contributed by atoms with Gasteiger partial charge in [0.2, 0.25) is 5.82 Å². The van der Waals surface area contributed by atoms with Crippen LogP contribution < -0.4 is 5.73 Å². The SMILES string of the molecule is Cc1nn(C2CSCC(C)(C)C2)c(N)c1[N+](=O)[O-]. The maximum absolute atomic E-state index is 10.9. The number of aryl methyl sites for hydroxylation is 1. The molecule has 0 aromatic carbocycles. The predicted octanol–water partition coefficient (Wildman–Crippen LogP) is 2.39. The summed E-state index contributed by atoms with van der Waals surface area (Å²) in [6.45, 7) is 6.03. The standard InChI is InChI=1S/C11H18N4O2S/c1-7-9(15(16)17)10(12)14(13-7)8-4-11(2,3)6-18-5-8/h8H,4-6,12H2,1-3H3. The Kier molecular flexibility index (Phi) is 3.27. The highest BCUT2D eigenvalue weighted by atomic mass is 32.2. The molecule has 2 heterocycles. The molecule has 1 unspecified atom stereocenters. The van der Waals surface area contributed by atoms with E-state index >= 15 is 0 Å². The molecule has 0 saturated carbocycles. The zero-order chi connectivity index (χ0) is 13.5. The highest BCUT2D eigenvalue weighted by molar-refractivity contribution is 7.99. The molecule has 18 heavy (non-hydrogen) atoms. The average Bonchev–Trinajstić information content (AvgIpc) is 2.52. The van der Waals surface area contributed by atoms with E-state index in [9.17, 15) is 10.1 Å². The minimum Gasteiger partial charge on any atom is -0.378 e. The Morgan fingerprint density at radius 3 is 2.78 bits per heavy atom. The fourth-order valence-corrected chi connectivity index (χ4v) is 3.76. The van der Waals surface area contributed by atoms with Crippen molar-refractivity contribution < 1.29 is 4.92 Å². The van der Waals surface area contributed by atoms with Crippen LogP contribution in [0.3, 0.4) is 0 Å². The van der Waals surface area contributed by atoms with E-state index in [1.807, 2.05) is 11.8 Å². The van der Waals surface area contributed by atoms with Gasteiger partial charge in [-0.15, -0.1) is 0 Å². The quantitative estimate of drug-likeness (QED) is 0.658. The van der Waals surface area contributed by atoms with E-state index in [0.29, 0.717) is 5.69 Å². The maximum Gasteiger partial charge on any atom is 0.333 e. The van der Waals surface area contributed by atoms with Crippen LogP contribution in [0.1, 0.15) is 32.0 Å². The first kappa shape index (κ1) is 13.2. The molecule has 100 valence electrons. The first-order valence-electron chi connectivity index (χ1n) is 5.88. The van der Waals surface area contributed by atoms with Crippen molar-refractivity contribution in [3.8, 4) is 0 Å². The summed E-state index contributed by atoms with van der Waals surface area (Å²) < 4.78 is 1.64. The Bertz CT molecular complexity index is 484. The maximum atomic E-state index is 10.9. The van der Waals surface area contributed by atoms with Gasteiger partial charge in [-0.3, -0.25) is 10.1 Å². The third-order valence-corrected chi connectivity index (χ3v) is 4.82. The Balaban J connectivity index is 2.34. The van der Waals surface area contributed by atoms with Crippen molar-refractivity contribution in [2.45, 2.75) is 33.2 Å². The third kappa shape index (κ3) is 2.31. The zero-order valence-corrected chi connectivity index (χ0v) is 11.7. The van der Waals surface area contributed by atoms with Crippen molar-refractivity contribution in [3.05, 3.63) is 15.8 Å². The summed E-state index contributed by atoms with van der Waals surface area (Å²) in [4.78, 5) is 10.5. The molecule has 0 amide bonds. The normalized spacial score (nSPS) is 22.9. The van der Waals surface area contributed by atoms with E-state index in [0.717, 1.165) is 17.9 Å². The van der Waals surface area contributed by atoms with Crippen LogP contribution in [0.2, 0.25) is 0 Å². The van der Waals surface area contributed by atoms with Crippen molar-refractivity contribution in [1.29, 1.82) is 0 Å². The molecule has 0 radical (unpaired) electrons. The number of thioether (sulfide) groups is 1. The van der Waals surface area contributed by atoms with E-state index in [1.54, 1.807) is 11.6 Å². The number of nitrogen functional groups attached to an aromatic ring is 1. The van der Waals surface area contributed by atoms with E-state index in [-0.39, 0.29) is 23.0 Å². The monoisotopic (exact) mass is 270 g/mol. The second kappa shape index (κ2) is 4.46. The summed E-state index contributed by atoms with van der Waals surface area (Å²) in [5.41, 5.74) is 6.43. The Labute approximate surface area is 110 Å². The fourth-order valence-electron chi connectivity index (χ4n) is 2.44. The number of anilines is 1. The third-order valence-electron chi connectivity index (χ3n) is 3.21. The highest BCUT2D eigenvalue weighted by Gasteiger charge is 2.33. The number of nitro groups is 1. The molecule has 2 N–H and O–H groups in total. The van der Waals surface area contributed by atoms with Crippen molar-refractivity contribution >= 4 is 23.3 Å². The van der Waals surface area contributed by atoms with Gasteiger partial charge in [0.1, 0.15) is 5.69 Å². The fraction of sp³-hybridized carbons (Fsp3) is 0.727. The van der Waals surface area contributed by atoms with Gasteiger partial charge < -0.3 is 5.73 Å². The van der Waals surface area contributed by atoms with Gasteiger partial charge in [0, 0.05) is 5.75 Å². The number of hydrogen-bond acceptors (Lipinski definition) is 5. The molecule has 0 aliphatic carbocycles. The van der Waals surface area contributed by atoms with Crippen LogP contribution in [-0.4, -0.2) is 26.2 Å². The average molecular weight is 270 g/mol. The van der Waals surface area contributed by atoms with Gasteiger partial charge in [0.25, 0.3) is 0 Å². The molecule has 6 nitrogen and oxygen atoms in total. The lowest BCUT2D eigenvalue weighted by atomic mass is 9.88. The first-order chi connectivity index (χ1) is 8.32. The molecular formula is C11H18N4O2S. The van der Waals surface area contributed by atoms with Gasteiger partial charge in [-0.2, -0.15) is 16.9 Å². The number of aromatic nitrogens is 2. The van der Waals surface area contributed by atoms with Gasteiger partial charge in [-0.05, 0) is 24.5 Å². The molecule has 1 fully saturated rings. The Morgan fingerprint density at radius 1 is 1.61 bits per heavy atom. The van der Waals surface area contributed by atoms with Crippen molar-refractivity contribution in [2.24, 2.45) is 5.41 Å². The Morgan fingerprint density at radius 2 is 2.28 bits per heavy atom. The first-order valence-corrected chi connectivity index (χ1v) is 7.04. The van der Waals surface area contributed by atoms with Gasteiger partial charge in [0.05, 0.1) is 11.0 Å². The van der Waals surface area contributed by atoms with Crippen LogP contribution in [0.25, 0.3) is 0 Å². The van der Waals surface area contributed by atoms with Crippen LogP contribution in [-0.2, 0) is 0 Å². The van der Waals surface area contributed by atoms with E-state index in [2.05, 4.69) is 18.9 Å². The molecule has 1 aliphatic heterocycles. The van der Waals surface area contributed by atoms with Crippen LogP contribution in [0, 0.1) is 22.5 Å². The lowest BCUT2D eigenvalue weighted by Crippen LogP contribution is -2.29. The summed E-state index contributed by atoms with van der Waals surface area (Å²) in [5.74, 6) is 2.19. The molecular weight excluding hydrogens is 252 g/mol. The molecule has 1 saturated heterocycles. The van der Waals surface area contributed by atoms with Crippen LogP contribution in [0.4, 0.5) is 11.5 Å². The molecule has 1 aliphatic rings. The van der Waals surface area contributed by atoms with Crippen LogP contribution >= 0.6 is 11.8 Å². The smallest absolute Gasteiger partial charge is 0.333 e. The summed E-state index contributed by atoms with van der Waals surface area (Å²) in [5, 5.41) is 15.2. The van der Waals surface area contributed by atoms with Crippen molar-refractivity contribution in [2.75, 3.05) is 17.2 Å². The van der Waals surface area contributed by atoms with Crippen LogP contribution in [0.5, 0.6) is 0 Å². The lowest BCUT2D eigenvalue weighted by molar-refractivity contribution is -0.384. The van der Waals surface area contributed by atoms with Gasteiger partial charge in [0.15, 0.2) is 0 Å². The van der Waals surface area contributed by atoms with E-state index in [4.69, 9.17) is 5.73 Å². The molecule has 1 aromatic heterocycles. The molecule has 1 aromatic rings. The summed E-state index contributed by atoms with van der Waals surface area (Å²) in [6, 6.07) is 0.145. The van der Waals surface area contributed by atoms with Gasteiger partial charge >= 0.3 is 5.69 Å². The van der Waals surface area contributed by atoms with Gasteiger partial charge in [-0.1, -0.05) is 13.8 Å². The molecule has 0 bridgehead atoms. The van der Waals surface area contributed by atoms with Gasteiger partial charge in [-0.25, -0.2) is 4.68 Å². The zero-order valence-electron chi connectivity index (χ0n) is 10.8. The van der Waals surface area contributed by atoms with Crippen LogP contribution in [0.15, 0.2) is 0 Å². The predicted molar refractivity (Wildman–Crippen MR) is 72.8 cm³/mol. The highest BCUT2D eigenvalue weighted by Crippen LogP contribution is 2.41. The minimum atomic E-state index is -0.449. The van der Waals surface area contributed by atoms with Crippen molar-refractivity contribution in [3.63, 3.8) is 0 Å². The largest absolute Gasteiger partial charge is 0.378 e. The summed E-state index contributed by atoms with van der Waals surface area (Å²) >= 11 is 1.85. The molecule has 2 rings (SSSR count). The molecule has 1 atom stereocenters. The summed E-state index contributed by atoms with van der Waals surface area (Å²) in [7, 11) is 0. The number of nitrogens with zero attached hydrogens (tertiary/aromatic N) is 3. The minimum absolute atomic E-state index is 0.0524. The van der Waals surface area contributed by atoms with E-state index in [1.165, 1.54) is 0 Å². The summed E-state index contributed by atoms with van der Waals surface area (Å²) in [6.07, 6.45) is 0.947. The Hall–Kier alpha value is -1.24.